The van der Waals surface area contributed by atoms with Crippen LogP contribution in [0.25, 0.3) is 0 Å². The van der Waals surface area contributed by atoms with Gasteiger partial charge in [-0.05, 0) is 41.8 Å². The van der Waals surface area contributed by atoms with E-state index >= 15 is 0 Å². The molecule has 3 rings (SSSR count). The summed E-state index contributed by atoms with van der Waals surface area (Å²) >= 11 is 0. The molecule has 3 aromatic rings. The van der Waals surface area contributed by atoms with Crippen LogP contribution in [0, 0.1) is 11.6 Å². The Morgan fingerprint density at radius 3 is 2.33 bits per heavy atom. The van der Waals surface area contributed by atoms with E-state index in [2.05, 4.69) is 15.4 Å². The highest BCUT2D eigenvalue weighted by atomic mass is 32.2. The van der Waals surface area contributed by atoms with Gasteiger partial charge in [-0.25, -0.2) is 22.3 Å². The van der Waals surface area contributed by atoms with Gasteiger partial charge in [0.15, 0.2) is 0 Å². The van der Waals surface area contributed by atoms with Gasteiger partial charge in [-0.15, -0.1) is 5.10 Å². The predicted molar refractivity (Wildman–Crippen MR) is 106 cm³/mol. The van der Waals surface area contributed by atoms with Crippen LogP contribution in [0.2, 0.25) is 0 Å². The summed E-state index contributed by atoms with van der Waals surface area (Å²) in [6.07, 6.45) is 0. The van der Waals surface area contributed by atoms with Gasteiger partial charge >= 0.3 is 0 Å². The molecule has 0 atom stereocenters. The van der Waals surface area contributed by atoms with Crippen molar-refractivity contribution in [3.8, 4) is 0 Å². The zero-order chi connectivity index (χ0) is 22.2. The second kappa shape index (κ2) is 7.80. The number of rotatable bonds is 5. The Morgan fingerprint density at radius 1 is 1.13 bits per heavy atom. The van der Waals surface area contributed by atoms with Crippen molar-refractivity contribution in [2.75, 3.05) is 11.1 Å². The number of nitrogens with zero attached hydrogens (tertiary/aromatic N) is 3. The van der Waals surface area contributed by atoms with E-state index in [-0.39, 0.29) is 22.3 Å². The predicted octanol–water partition coefficient (Wildman–Crippen LogP) is 2.34. The molecule has 0 amide bonds. The van der Waals surface area contributed by atoms with Crippen molar-refractivity contribution in [1.82, 2.24) is 14.8 Å². The minimum Gasteiger partial charge on any atom is -0.368 e. The van der Waals surface area contributed by atoms with E-state index < -0.39 is 39.1 Å². The summed E-state index contributed by atoms with van der Waals surface area (Å²) in [5.74, 6) is -3.96. The standard InChI is InChI=1S/C18H18F2N6O3S/c1-9(2)12-7-8-13(19)14(15(12)20)16(27)26-17(21)24-18(25-26)23-10-3-5-11(6-4-10)30(22,28)29/h3-9H,1-2H3,(H2,22,28,29)(H3,21,23,24,25). The molecular formula is C18H18F2N6O3S. The molecule has 0 aliphatic rings. The first-order valence-electron chi connectivity index (χ1n) is 8.64. The molecule has 2 aromatic carbocycles. The van der Waals surface area contributed by atoms with Gasteiger partial charge in [0.1, 0.15) is 17.2 Å². The van der Waals surface area contributed by atoms with E-state index in [9.17, 15) is 22.0 Å². The first kappa shape index (κ1) is 21.3. The molecule has 0 bridgehead atoms. The van der Waals surface area contributed by atoms with Crippen molar-refractivity contribution >= 4 is 33.5 Å². The molecule has 0 saturated carbocycles. The molecule has 12 heteroatoms. The van der Waals surface area contributed by atoms with Crippen LogP contribution in [-0.4, -0.2) is 29.1 Å². The summed E-state index contributed by atoms with van der Waals surface area (Å²) in [6.45, 7) is 3.41. The molecule has 1 heterocycles. The van der Waals surface area contributed by atoms with Gasteiger partial charge in [0, 0.05) is 5.69 Å². The summed E-state index contributed by atoms with van der Waals surface area (Å²) in [4.78, 5) is 16.4. The molecule has 30 heavy (non-hydrogen) atoms. The molecule has 0 aliphatic carbocycles. The van der Waals surface area contributed by atoms with Crippen LogP contribution in [-0.2, 0) is 10.0 Å². The van der Waals surface area contributed by atoms with Crippen molar-refractivity contribution in [1.29, 1.82) is 0 Å². The number of aromatic nitrogens is 3. The Labute approximate surface area is 170 Å². The third kappa shape index (κ3) is 4.14. The molecule has 9 nitrogen and oxygen atoms in total. The van der Waals surface area contributed by atoms with Crippen molar-refractivity contribution in [3.05, 3.63) is 59.2 Å². The lowest BCUT2D eigenvalue weighted by atomic mass is 9.99. The van der Waals surface area contributed by atoms with Crippen LogP contribution in [0.15, 0.2) is 41.3 Å². The summed E-state index contributed by atoms with van der Waals surface area (Å²) in [5, 5.41) is 11.6. The number of nitrogens with two attached hydrogens (primary N) is 2. The third-order valence-electron chi connectivity index (χ3n) is 4.22. The molecule has 158 valence electrons. The molecule has 0 aliphatic heterocycles. The number of halogens is 2. The first-order valence-corrected chi connectivity index (χ1v) is 10.2. The molecule has 1 aromatic heterocycles. The van der Waals surface area contributed by atoms with Gasteiger partial charge in [-0.3, -0.25) is 4.79 Å². The number of primary sulfonamides is 1. The Morgan fingerprint density at radius 2 is 1.77 bits per heavy atom. The fraction of sp³-hybridized carbons (Fsp3) is 0.167. The summed E-state index contributed by atoms with van der Waals surface area (Å²) in [5.41, 5.74) is 5.45. The Kier molecular flexibility index (Phi) is 5.55. The van der Waals surface area contributed by atoms with E-state index in [0.717, 1.165) is 6.07 Å². The molecule has 0 fully saturated rings. The minimum absolute atomic E-state index is 0.0998. The summed E-state index contributed by atoms with van der Waals surface area (Å²) in [7, 11) is -3.85. The Bertz CT molecular complexity index is 1220. The highest BCUT2D eigenvalue weighted by Gasteiger charge is 2.26. The lowest BCUT2D eigenvalue weighted by Gasteiger charge is -2.11. The lowest BCUT2D eigenvalue weighted by Crippen LogP contribution is -2.20. The van der Waals surface area contributed by atoms with Crippen molar-refractivity contribution in [2.45, 2.75) is 24.7 Å². The third-order valence-corrected chi connectivity index (χ3v) is 5.15. The van der Waals surface area contributed by atoms with Crippen molar-refractivity contribution in [2.24, 2.45) is 5.14 Å². The van der Waals surface area contributed by atoms with Crippen LogP contribution in [0.4, 0.5) is 26.4 Å². The number of benzene rings is 2. The van der Waals surface area contributed by atoms with E-state index in [1.165, 1.54) is 30.3 Å². The van der Waals surface area contributed by atoms with Gasteiger partial charge in [0.2, 0.25) is 21.9 Å². The highest BCUT2D eigenvalue weighted by Crippen LogP contribution is 2.25. The Balaban J connectivity index is 1.92. The second-order valence-electron chi connectivity index (χ2n) is 6.69. The van der Waals surface area contributed by atoms with Crippen molar-refractivity contribution in [3.63, 3.8) is 0 Å². The number of hydrogen-bond donors (Lipinski definition) is 3. The normalized spacial score (nSPS) is 11.7. The molecule has 0 saturated heterocycles. The van der Waals surface area contributed by atoms with Crippen LogP contribution in [0.1, 0.15) is 35.7 Å². The van der Waals surface area contributed by atoms with Gasteiger partial charge in [-0.1, -0.05) is 19.9 Å². The number of hydrogen-bond acceptors (Lipinski definition) is 7. The second-order valence-corrected chi connectivity index (χ2v) is 8.25. The SMILES string of the molecule is CC(C)c1ccc(F)c(C(=O)n2nc(Nc3ccc(S(N)(=O)=O)cc3)nc2N)c1F. The summed E-state index contributed by atoms with van der Waals surface area (Å²) in [6, 6.07) is 7.57. The zero-order valence-corrected chi connectivity index (χ0v) is 16.7. The fourth-order valence-electron chi connectivity index (χ4n) is 2.70. The van der Waals surface area contributed by atoms with E-state index in [1.807, 2.05) is 0 Å². The maximum atomic E-state index is 14.7. The van der Waals surface area contributed by atoms with Crippen molar-refractivity contribution < 1.29 is 22.0 Å². The Hall–Kier alpha value is -3.38. The average molecular weight is 436 g/mol. The van der Waals surface area contributed by atoms with Crippen LogP contribution >= 0.6 is 0 Å². The smallest absolute Gasteiger partial charge is 0.287 e. The molecule has 0 radical (unpaired) electrons. The molecule has 0 unspecified atom stereocenters. The molecule has 0 spiro atoms. The van der Waals surface area contributed by atoms with Gasteiger partial charge in [0.25, 0.3) is 5.91 Å². The van der Waals surface area contributed by atoms with Crippen LogP contribution in [0.3, 0.4) is 0 Å². The number of anilines is 3. The number of carbonyl (C=O) groups excluding carboxylic acids is 1. The van der Waals surface area contributed by atoms with Gasteiger partial charge in [-0.2, -0.15) is 9.67 Å². The largest absolute Gasteiger partial charge is 0.368 e. The van der Waals surface area contributed by atoms with E-state index in [4.69, 9.17) is 10.9 Å². The van der Waals surface area contributed by atoms with E-state index in [0.29, 0.717) is 10.4 Å². The lowest BCUT2D eigenvalue weighted by molar-refractivity contribution is 0.0939. The quantitative estimate of drug-likeness (QED) is 0.556. The topological polar surface area (TPSA) is 146 Å². The van der Waals surface area contributed by atoms with Gasteiger partial charge in [0.05, 0.1) is 4.90 Å². The number of nitrogen functional groups attached to an aromatic ring is 1. The van der Waals surface area contributed by atoms with E-state index in [1.54, 1.807) is 13.8 Å². The summed E-state index contributed by atoms with van der Waals surface area (Å²) < 4.78 is 52.1. The minimum atomic E-state index is -3.85. The zero-order valence-electron chi connectivity index (χ0n) is 15.9. The van der Waals surface area contributed by atoms with Gasteiger partial charge < -0.3 is 11.1 Å². The number of carbonyl (C=O) groups is 1. The first-order chi connectivity index (χ1) is 14.0. The molecular weight excluding hydrogens is 418 g/mol. The number of sulfonamides is 1. The maximum absolute atomic E-state index is 14.7. The highest BCUT2D eigenvalue weighted by molar-refractivity contribution is 7.89. The fourth-order valence-corrected chi connectivity index (χ4v) is 3.22. The maximum Gasteiger partial charge on any atom is 0.287 e. The monoisotopic (exact) mass is 436 g/mol. The molecule has 5 N–H and O–H groups in total. The van der Waals surface area contributed by atoms with Crippen LogP contribution < -0.4 is 16.2 Å². The average Bonchev–Trinajstić information content (AvgIpc) is 3.01. The van der Waals surface area contributed by atoms with Crippen LogP contribution in [0.5, 0.6) is 0 Å². The number of nitrogens with one attached hydrogen (secondary N) is 1.